The van der Waals surface area contributed by atoms with Gasteiger partial charge in [-0.25, -0.2) is 4.98 Å². The van der Waals surface area contributed by atoms with E-state index in [1.54, 1.807) is 7.05 Å². The minimum Gasteiger partial charge on any atom is -0.468 e. The number of aryl methyl sites for hydroxylation is 2. The highest BCUT2D eigenvalue weighted by Crippen LogP contribution is 2.21. The molecular weight excluding hydrogens is 240 g/mol. The quantitative estimate of drug-likeness (QED) is 0.616. The van der Waals surface area contributed by atoms with Crippen LogP contribution < -0.4 is 5.32 Å². The maximum absolute atomic E-state index is 11.3. The average Bonchev–Trinajstić information content (AvgIpc) is 2.63. The summed E-state index contributed by atoms with van der Waals surface area (Å²) in [6.45, 7) is 3.80. The van der Waals surface area contributed by atoms with Gasteiger partial charge in [0.15, 0.2) is 0 Å². The molecule has 0 bridgehead atoms. The first-order valence-electron chi connectivity index (χ1n) is 5.40. The Morgan fingerprint density at radius 3 is 2.76 bits per heavy atom. The van der Waals surface area contributed by atoms with Crippen molar-refractivity contribution in [3.8, 4) is 0 Å². The molecule has 5 nitrogen and oxygen atoms in total. The highest BCUT2D eigenvalue weighted by molar-refractivity contribution is 7.99. The molecule has 17 heavy (non-hydrogen) atoms. The number of likely N-dealkylation sites (N-methyl/N-ethyl adjacent to an activating group) is 1. The molecule has 0 radical (unpaired) electrons. The first-order valence-corrected chi connectivity index (χ1v) is 6.39. The molecule has 0 aliphatic rings. The number of oxazole rings is 1. The lowest BCUT2D eigenvalue weighted by Crippen LogP contribution is -2.35. The Bertz CT molecular complexity index is 359. The molecule has 0 aliphatic heterocycles. The second kappa shape index (κ2) is 6.66. The van der Waals surface area contributed by atoms with Gasteiger partial charge in [-0.3, -0.25) is 4.79 Å². The number of rotatable bonds is 6. The molecule has 0 spiro atoms. The van der Waals surface area contributed by atoms with Gasteiger partial charge in [0.25, 0.3) is 5.22 Å². The Hall–Kier alpha value is -1.01. The molecule has 0 aromatic carbocycles. The number of thioether (sulfide) groups is 1. The van der Waals surface area contributed by atoms with E-state index in [-0.39, 0.29) is 12.0 Å². The topological polar surface area (TPSA) is 64.4 Å². The van der Waals surface area contributed by atoms with Crippen LogP contribution in [0, 0.1) is 13.8 Å². The number of esters is 1. The summed E-state index contributed by atoms with van der Waals surface area (Å²) >= 11 is 1.50. The first-order chi connectivity index (χ1) is 8.08. The summed E-state index contributed by atoms with van der Waals surface area (Å²) in [4.78, 5) is 15.6. The fourth-order valence-electron chi connectivity index (χ4n) is 1.29. The van der Waals surface area contributed by atoms with E-state index in [0.29, 0.717) is 11.6 Å². The van der Waals surface area contributed by atoms with Gasteiger partial charge in [0.2, 0.25) is 0 Å². The number of carbonyl (C=O) groups excluding carboxylic acids is 1. The normalized spacial score (nSPS) is 12.5. The number of hydrogen-bond donors (Lipinski definition) is 1. The monoisotopic (exact) mass is 258 g/mol. The number of hydrogen-bond acceptors (Lipinski definition) is 6. The first kappa shape index (κ1) is 14.1. The molecule has 96 valence electrons. The minimum atomic E-state index is -0.273. The predicted molar refractivity (Wildman–Crippen MR) is 66.2 cm³/mol. The molecule has 1 unspecified atom stereocenters. The standard InChI is InChI=1S/C11H18N2O3S/c1-7-8(2)16-11(13-7)17-6-5-9(12-3)10(14)15-4/h9,12H,5-6H2,1-4H3. The van der Waals surface area contributed by atoms with Gasteiger partial charge in [-0.15, -0.1) is 0 Å². The van der Waals surface area contributed by atoms with Crippen molar-refractivity contribution in [3.63, 3.8) is 0 Å². The average molecular weight is 258 g/mol. The van der Waals surface area contributed by atoms with E-state index in [0.717, 1.165) is 17.2 Å². The molecule has 0 fully saturated rings. The Morgan fingerprint density at radius 2 is 2.29 bits per heavy atom. The van der Waals surface area contributed by atoms with Crippen molar-refractivity contribution in [3.05, 3.63) is 11.5 Å². The third-order valence-electron chi connectivity index (χ3n) is 2.48. The number of ether oxygens (including phenoxy) is 1. The lowest BCUT2D eigenvalue weighted by molar-refractivity contribution is -0.143. The molecule has 0 amide bonds. The summed E-state index contributed by atoms with van der Waals surface area (Å²) in [6, 6.07) is -0.273. The Morgan fingerprint density at radius 1 is 1.59 bits per heavy atom. The molecule has 0 aliphatic carbocycles. The molecule has 1 N–H and O–H groups in total. The van der Waals surface area contributed by atoms with Crippen LogP contribution in [-0.4, -0.2) is 36.9 Å². The number of methoxy groups -OCH3 is 1. The van der Waals surface area contributed by atoms with Gasteiger partial charge >= 0.3 is 5.97 Å². The lowest BCUT2D eigenvalue weighted by atomic mass is 10.2. The summed E-state index contributed by atoms with van der Waals surface area (Å²) in [7, 11) is 3.13. The molecule has 1 atom stereocenters. The number of nitrogens with one attached hydrogen (secondary N) is 1. The maximum atomic E-state index is 11.3. The minimum absolute atomic E-state index is 0.243. The van der Waals surface area contributed by atoms with E-state index in [1.165, 1.54) is 18.9 Å². The second-order valence-electron chi connectivity index (χ2n) is 3.62. The predicted octanol–water partition coefficient (Wildman–Crippen LogP) is 1.53. The third kappa shape index (κ3) is 4.05. The van der Waals surface area contributed by atoms with Crippen LogP contribution in [0.3, 0.4) is 0 Å². The third-order valence-corrected chi connectivity index (χ3v) is 3.34. The fourth-order valence-corrected chi connectivity index (χ4v) is 2.20. The molecule has 1 rings (SSSR count). The smallest absolute Gasteiger partial charge is 0.322 e. The van der Waals surface area contributed by atoms with Crippen LogP contribution in [-0.2, 0) is 9.53 Å². The summed E-state index contributed by atoms with van der Waals surface area (Å²) in [6.07, 6.45) is 0.675. The summed E-state index contributed by atoms with van der Waals surface area (Å²) < 4.78 is 10.1. The lowest BCUT2D eigenvalue weighted by Gasteiger charge is -2.12. The Balaban J connectivity index is 2.38. The zero-order valence-electron chi connectivity index (χ0n) is 10.6. The SMILES string of the molecule is CNC(CCSc1nc(C)c(C)o1)C(=O)OC. The molecule has 0 saturated carbocycles. The van der Waals surface area contributed by atoms with Crippen molar-refractivity contribution >= 4 is 17.7 Å². The Kier molecular flexibility index (Phi) is 5.50. The van der Waals surface area contributed by atoms with Gasteiger partial charge in [-0.1, -0.05) is 11.8 Å². The van der Waals surface area contributed by atoms with E-state index in [4.69, 9.17) is 4.42 Å². The largest absolute Gasteiger partial charge is 0.468 e. The van der Waals surface area contributed by atoms with E-state index < -0.39 is 0 Å². The van der Waals surface area contributed by atoms with Crippen LogP contribution in [0.25, 0.3) is 0 Å². The van der Waals surface area contributed by atoms with Crippen molar-refractivity contribution in [1.29, 1.82) is 0 Å². The number of nitrogens with zero attached hydrogens (tertiary/aromatic N) is 1. The van der Waals surface area contributed by atoms with Crippen LogP contribution in [0.15, 0.2) is 9.64 Å². The van der Waals surface area contributed by atoms with Crippen LogP contribution >= 0.6 is 11.8 Å². The molecule has 1 heterocycles. The summed E-state index contributed by atoms with van der Waals surface area (Å²) in [5.74, 6) is 1.35. The Labute approximate surface area is 105 Å². The zero-order chi connectivity index (χ0) is 12.8. The van der Waals surface area contributed by atoms with Crippen LogP contribution in [0.5, 0.6) is 0 Å². The van der Waals surface area contributed by atoms with E-state index in [1.807, 2.05) is 13.8 Å². The molecule has 0 saturated heterocycles. The highest BCUT2D eigenvalue weighted by Gasteiger charge is 2.17. The zero-order valence-corrected chi connectivity index (χ0v) is 11.4. The second-order valence-corrected chi connectivity index (χ2v) is 4.67. The van der Waals surface area contributed by atoms with Gasteiger partial charge in [0.05, 0.1) is 12.8 Å². The van der Waals surface area contributed by atoms with Crippen LogP contribution in [0.2, 0.25) is 0 Å². The van der Waals surface area contributed by atoms with Gasteiger partial charge < -0.3 is 14.5 Å². The molecule has 1 aromatic heterocycles. The van der Waals surface area contributed by atoms with Gasteiger partial charge in [0.1, 0.15) is 11.8 Å². The van der Waals surface area contributed by atoms with Crippen LogP contribution in [0.4, 0.5) is 0 Å². The van der Waals surface area contributed by atoms with Gasteiger partial charge in [-0.05, 0) is 27.3 Å². The van der Waals surface area contributed by atoms with Crippen molar-refractivity contribution < 1.29 is 13.9 Å². The molecule has 1 aromatic rings. The van der Waals surface area contributed by atoms with Crippen molar-refractivity contribution in [2.45, 2.75) is 31.5 Å². The van der Waals surface area contributed by atoms with E-state index in [9.17, 15) is 4.79 Å². The highest BCUT2D eigenvalue weighted by atomic mass is 32.2. The summed E-state index contributed by atoms with van der Waals surface area (Å²) in [5, 5.41) is 3.57. The summed E-state index contributed by atoms with van der Waals surface area (Å²) in [5.41, 5.74) is 0.908. The maximum Gasteiger partial charge on any atom is 0.322 e. The fraction of sp³-hybridized carbons (Fsp3) is 0.636. The van der Waals surface area contributed by atoms with Crippen molar-refractivity contribution in [2.24, 2.45) is 0 Å². The van der Waals surface area contributed by atoms with E-state index >= 15 is 0 Å². The van der Waals surface area contributed by atoms with Gasteiger partial charge in [-0.2, -0.15) is 0 Å². The molecule has 6 heteroatoms. The number of aromatic nitrogens is 1. The van der Waals surface area contributed by atoms with E-state index in [2.05, 4.69) is 15.0 Å². The van der Waals surface area contributed by atoms with Crippen molar-refractivity contribution in [1.82, 2.24) is 10.3 Å². The molecular formula is C11H18N2O3S. The number of carbonyl (C=O) groups is 1. The van der Waals surface area contributed by atoms with Crippen molar-refractivity contribution in [2.75, 3.05) is 19.9 Å². The van der Waals surface area contributed by atoms with Gasteiger partial charge in [0, 0.05) is 5.75 Å². The van der Waals surface area contributed by atoms with Crippen LogP contribution in [0.1, 0.15) is 17.9 Å².